The maximum Gasteiger partial charge on any atom is 0.311 e. The van der Waals surface area contributed by atoms with E-state index in [9.17, 15) is 14.7 Å². The fourth-order valence-corrected chi connectivity index (χ4v) is 3.89. The lowest BCUT2D eigenvalue weighted by molar-refractivity contribution is -0.148. The number of amides is 1. The number of nitrogens with zero attached hydrogens (tertiary/aromatic N) is 1. The van der Waals surface area contributed by atoms with Gasteiger partial charge in [0, 0.05) is 13.1 Å². The Labute approximate surface area is 106 Å². The molecule has 5 heteroatoms. The Morgan fingerprint density at radius 3 is 2.76 bits per heavy atom. The molecule has 4 nitrogen and oxygen atoms in total. The smallest absolute Gasteiger partial charge is 0.311 e. The molecule has 2 saturated heterocycles. The molecule has 0 aromatic heterocycles. The van der Waals surface area contributed by atoms with Crippen LogP contribution in [0.15, 0.2) is 0 Å². The summed E-state index contributed by atoms with van der Waals surface area (Å²) in [5, 5.41) is 9.37. The van der Waals surface area contributed by atoms with Crippen molar-refractivity contribution in [3.05, 3.63) is 0 Å². The first-order valence-corrected chi connectivity index (χ1v) is 7.28. The first-order chi connectivity index (χ1) is 8.09. The molecule has 0 bridgehead atoms. The summed E-state index contributed by atoms with van der Waals surface area (Å²) in [4.78, 5) is 25.3. The Hall–Kier alpha value is -0.710. The van der Waals surface area contributed by atoms with Crippen LogP contribution in [-0.2, 0) is 9.59 Å². The molecule has 2 heterocycles. The molecule has 2 unspecified atom stereocenters. The monoisotopic (exact) mass is 257 g/mol. The minimum absolute atomic E-state index is 0.0800. The number of rotatable bonds is 3. The number of carbonyl (C=O) groups is 2. The van der Waals surface area contributed by atoms with Gasteiger partial charge in [-0.3, -0.25) is 9.59 Å². The zero-order valence-electron chi connectivity index (χ0n) is 10.1. The summed E-state index contributed by atoms with van der Waals surface area (Å²) in [6, 6.07) is 0. The van der Waals surface area contributed by atoms with Crippen LogP contribution in [0.5, 0.6) is 0 Å². The van der Waals surface area contributed by atoms with Crippen LogP contribution in [0, 0.1) is 5.41 Å². The summed E-state index contributed by atoms with van der Waals surface area (Å²) in [7, 11) is 0. The largest absolute Gasteiger partial charge is 0.481 e. The number of carbonyl (C=O) groups excluding carboxylic acids is 1. The summed E-state index contributed by atoms with van der Waals surface area (Å²) in [5.41, 5.74) is -0.696. The van der Waals surface area contributed by atoms with Crippen molar-refractivity contribution >= 4 is 23.6 Å². The Balaban J connectivity index is 2.01. The van der Waals surface area contributed by atoms with Crippen molar-refractivity contribution in [1.82, 2.24) is 4.90 Å². The number of thioether (sulfide) groups is 1. The van der Waals surface area contributed by atoms with E-state index in [1.165, 1.54) is 0 Å². The summed E-state index contributed by atoms with van der Waals surface area (Å²) in [6.45, 7) is 2.90. The summed E-state index contributed by atoms with van der Waals surface area (Å²) >= 11 is 1.71. The molecule has 2 aliphatic heterocycles. The summed E-state index contributed by atoms with van der Waals surface area (Å²) in [5.74, 6) is 0.459. The fourth-order valence-electron chi connectivity index (χ4n) is 2.65. The zero-order chi connectivity index (χ0) is 12.5. The lowest BCUT2D eigenvalue weighted by Gasteiger charge is -2.24. The Kier molecular flexibility index (Phi) is 3.66. The molecule has 0 aromatic rings. The number of likely N-dealkylation sites (tertiary alicyclic amines) is 1. The minimum atomic E-state index is -0.755. The molecule has 1 amide bonds. The van der Waals surface area contributed by atoms with Gasteiger partial charge >= 0.3 is 5.97 Å². The minimum Gasteiger partial charge on any atom is -0.481 e. The van der Waals surface area contributed by atoms with Gasteiger partial charge < -0.3 is 10.0 Å². The van der Waals surface area contributed by atoms with Crippen LogP contribution in [0.1, 0.15) is 32.6 Å². The molecule has 0 aliphatic carbocycles. The van der Waals surface area contributed by atoms with E-state index >= 15 is 0 Å². The van der Waals surface area contributed by atoms with Gasteiger partial charge in [0.25, 0.3) is 0 Å². The quantitative estimate of drug-likeness (QED) is 0.834. The van der Waals surface area contributed by atoms with Crippen molar-refractivity contribution in [2.75, 3.05) is 18.8 Å². The normalized spacial score (nSPS) is 33.0. The molecule has 0 saturated carbocycles. The predicted octanol–water partition coefficient (Wildman–Crippen LogP) is 1.60. The molecular formula is C12H19NO3S. The third kappa shape index (κ3) is 2.30. The Morgan fingerprint density at radius 1 is 1.53 bits per heavy atom. The molecule has 0 radical (unpaired) electrons. The first-order valence-electron chi connectivity index (χ1n) is 6.23. The second-order valence-corrected chi connectivity index (χ2v) is 6.26. The van der Waals surface area contributed by atoms with E-state index in [2.05, 4.69) is 0 Å². The number of aliphatic carboxylic acids is 1. The predicted molar refractivity (Wildman–Crippen MR) is 67.0 cm³/mol. The fraction of sp³-hybridized carbons (Fsp3) is 0.833. The van der Waals surface area contributed by atoms with Gasteiger partial charge in [0.05, 0.1) is 10.7 Å². The molecule has 17 heavy (non-hydrogen) atoms. The summed E-state index contributed by atoms with van der Waals surface area (Å²) in [6.07, 6.45) is 3.25. The third-order valence-electron chi connectivity index (χ3n) is 4.00. The molecule has 0 spiro atoms. The van der Waals surface area contributed by atoms with E-state index in [0.29, 0.717) is 25.9 Å². The van der Waals surface area contributed by atoms with Crippen molar-refractivity contribution in [2.45, 2.75) is 37.9 Å². The van der Waals surface area contributed by atoms with Crippen LogP contribution < -0.4 is 0 Å². The Bertz CT molecular complexity index is 328. The SMILES string of the molecule is CCC1(C(=O)O)CCN(C(=O)C2CCCS2)C1. The van der Waals surface area contributed by atoms with E-state index in [1.54, 1.807) is 16.7 Å². The van der Waals surface area contributed by atoms with E-state index in [-0.39, 0.29) is 11.2 Å². The molecular weight excluding hydrogens is 238 g/mol. The highest BCUT2D eigenvalue weighted by Gasteiger charge is 2.45. The molecule has 1 N–H and O–H groups in total. The van der Waals surface area contributed by atoms with Gasteiger partial charge in [0.1, 0.15) is 0 Å². The second kappa shape index (κ2) is 4.88. The molecule has 0 aromatic carbocycles. The van der Waals surface area contributed by atoms with E-state index in [4.69, 9.17) is 0 Å². The third-order valence-corrected chi connectivity index (χ3v) is 5.37. The van der Waals surface area contributed by atoms with Gasteiger partial charge in [-0.2, -0.15) is 0 Å². The van der Waals surface area contributed by atoms with E-state index in [0.717, 1.165) is 18.6 Å². The van der Waals surface area contributed by atoms with Gasteiger partial charge in [-0.15, -0.1) is 11.8 Å². The maximum atomic E-state index is 12.2. The van der Waals surface area contributed by atoms with Crippen LogP contribution in [0.2, 0.25) is 0 Å². The zero-order valence-corrected chi connectivity index (χ0v) is 11.0. The highest BCUT2D eigenvalue weighted by molar-refractivity contribution is 8.00. The average Bonchev–Trinajstić information content (AvgIpc) is 2.98. The summed E-state index contributed by atoms with van der Waals surface area (Å²) < 4.78 is 0. The molecule has 96 valence electrons. The molecule has 2 aliphatic rings. The maximum absolute atomic E-state index is 12.2. The first kappa shape index (κ1) is 12.7. The van der Waals surface area contributed by atoms with Crippen molar-refractivity contribution < 1.29 is 14.7 Å². The van der Waals surface area contributed by atoms with Gasteiger partial charge in [0.15, 0.2) is 0 Å². The van der Waals surface area contributed by atoms with Crippen molar-refractivity contribution in [3.63, 3.8) is 0 Å². The highest BCUT2D eigenvalue weighted by atomic mass is 32.2. The van der Waals surface area contributed by atoms with Gasteiger partial charge in [-0.1, -0.05) is 6.92 Å². The number of carboxylic acid groups (broad SMARTS) is 1. The Morgan fingerprint density at radius 2 is 2.29 bits per heavy atom. The lowest BCUT2D eigenvalue weighted by Crippen LogP contribution is -2.39. The molecule has 2 atom stereocenters. The van der Waals surface area contributed by atoms with Crippen LogP contribution in [0.4, 0.5) is 0 Å². The van der Waals surface area contributed by atoms with Crippen LogP contribution >= 0.6 is 11.8 Å². The molecule has 2 rings (SSSR count). The second-order valence-electron chi connectivity index (χ2n) is 4.95. The molecule has 2 fully saturated rings. The van der Waals surface area contributed by atoms with Gasteiger partial charge in [-0.05, 0) is 31.4 Å². The van der Waals surface area contributed by atoms with Crippen LogP contribution in [-0.4, -0.2) is 46.0 Å². The average molecular weight is 257 g/mol. The van der Waals surface area contributed by atoms with Crippen LogP contribution in [0.3, 0.4) is 0 Å². The highest BCUT2D eigenvalue weighted by Crippen LogP contribution is 2.36. The standard InChI is InChI=1S/C12H19NO3S/c1-2-12(11(15)16)5-6-13(8-12)10(14)9-4-3-7-17-9/h9H,2-8H2,1H3,(H,15,16). The number of carboxylic acids is 1. The van der Waals surface area contributed by atoms with Crippen molar-refractivity contribution in [2.24, 2.45) is 5.41 Å². The number of hydrogen-bond acceptors (Lipinski definition) is 3. The topological polar surface area (TPSA) is 57.6 Å². The van der Waals surface area contributed by atoms with Gasteiger partial charge in [0.2, 0.25) is 5.91 Å². The van der Waals surface area contributed by atoms with Gasteiger partial charge in [-0.25, -0.2) is 0 Å². The van der Waals surface area contributed by atoms with Crippen LogP contribution in [0.25, 0.3) is 0 Å². The lowest BCUT2D eigenvalue weighted by atomic mass is 9.84. The number of hydrogen-bond donors (Lipinski definition) is 1. The van der Waals surface area contributed by atoms with Crippen molar-refractivity contribution in [3.8, 4) is 0 Å². The van der Waals surface area contributed by atoms with E-state index in [1.807, 2.05) is 6.92 Å². The van der Waals surface area contributed by atoms with Crippen molar-refractivity contribution in [1.29, 1.82) is 0 Å². The van der Waals surface area contributed by atoms with E-state index < -0.39 is 11.4 Å².